The van der Waals surface area contributed by atoms with Crippen molar-refractivity contribution in [2.75, 3.05) is 5.32 Å². The summed E-state index contributed by atoms with van der Waals surface area (Å²) in [4.78, 5) is 12.2. The van der Waals surface area contributed by atoms with E-state index in [0.29, 0.717) is 6.54 Å². The third-order valence-electron chi connectivity index (χ3n) is 2.72. The average molecular weight is 334 g/mol. The zero-order valence-corrected chi connectivity index (χ0v) is 12.1. The van der Waals surface area contributed by atoms with E-state index in [1.165, 1.54) is 10.9 Å². The number of benzene rings is 1. The Morgan fingerprint density at radius 3 is 2.86 bits per heavy atom. The second-order valence-electron chi connectivity index (χ2n) is 4.13. The summed E-state index contributed by atoms with van der Waals surface area (Å²) >= 11 is 5.88. The number of ether oxygens (including phenoxy) is 1. The van der Waals surface area contributed by atoms with Crippen molar-refractivity contribution in [3.8, 4) is 5.75 Å². The van der Waals surface area contributed by atoms with Crippen LogP contribution in [0.15, 0.2) is 24.4 Å². The Morgan fingerprint density at radius 1 is 1.50 bits per heavy atom. The Labute approximate surface area is 128 Å². The summed E-state index contributed by atoms with van der Waals surface area (Å²) in [6.45, 7) is -1.01. The smallest absolute Gasteiger partial charge is 0.387 e. The minimum atomic E-state index is -3.15. The second kappa shape index (κ2) is 6.69. The normalized spacial score (nSPS) is 10.8. The van der Waals surface area contributed by atoms with Gasteiger partial charge < -0.3 is 10.1 Å². The van der Waals surface area contributed by atoms with Crippen molar-refractivity contribution in [1.82, 2.24) is 9.78 Å². The summed E-state index contributed by atoms with van der Waals surface area (Å²) < 4.78 is 43.3. The van der Waals surface area contributed by atoms with E-state index in [1.54, 1.807) is 6.92 Å². The number of rotatable bonds is 5. The number of hydrogen-bond donors (Lipinski definition) is 1. The van der Waals surface area contributed by atoms with Gasteiger partial charge in [-0.3, -0.25) is 9.48 Å². The molecule has 5 nitrogen and oxygen atoms in total. The maximum atomic E-state index is 13.1. The van der Waals surface area contributed by atoms with Crippen molar-refractivity contribution in [3.05, 3.63) is 40.9 Å². The number of halogens is 4. The average Bonchev–Trinajstić information content (AvgIpc) is 2.82. The van der Waals surface area contributed by atoms with Gasteiger partial charge in [0.25, 0.3) is 5.91 Å². The van der Waals surface area contributed by atoms with Gasteiger partial charge in [0.05, 0.1) is 16.9 Å². The fourth-order valence-corrected chi connectivity index (χ4v) is 2.03. The van der Waals surface area contributed by atoms with Crippen LogP contribution < -0.4 is 10.1 Å². The summed E-state index contributed by atoms with van der Waals surface area (Å²) in [5.74, 6) is -1.93. The first-order valence-corrected chi connectivity index (χ1v) is 6.57. The predicted molar refractivity (Wildman–Crippen MR) is 73.9 cm³/mol. The van der Waals surface area contributed by atoms with E-state index in [-0.39, 0.29) is 16.4 Å². The molecule has 22 heavy (non-hydrogen) atoms. The van der Waals surface area contributed by atoms with Gasteiger partial charge in [0.2, 0.25) is 0 Å². The summed E-state index contributed by atoms with van der Waals surface area (Å²) in [5, 5.41) is 6.36. The fourth-order valence-electron chi connectivity index (χ4n) is 1.80. The zero-order valence-electron chi connectivity index (χ0n) is 11.3. The van der Waals surface area contributed by atoms with Crippen LogP contribution in [0.4, 0.5) is 18.9 Å². The molecule has 9 heteroatoms. The van der Waals surface area contributed by atoms with Gasteiger partial charge in [-0.1, -0.05) is 11.6 Å². The third-order valence-corrected chi connectivity index (χ3v) is 2.99. The molecule has 0 saturated heterocycles. The maximum absolute atomic E-state index is 13.1. The molecule has 1 amide bonds. The van der Waals surface area contributed by atoms with Gasteiger partial charge in [-0.05, 0) is 19.1 Å². The molecule has 118 valence electrons. The summed E-state index contributed by atoms with van der Waals surface area (Å²) in [5.41, 5.74) is -0.0388. The monoisotopic (exact) mass is 333 g/mol. The molecule has 0 bridgehead atoms. The first kappa shape index (κ1) is 16.2. The number of hydrogen-bond acceptors (Lipinski definition) is 3. The Hall–Kier alpha value is -2.22. The van der Waals surface area contributed by atoms with Crippen molar-refractivity contribution in [3.63, 3.8) is 0 Å². The van der Waals surface area contributed by atoms with Gasteiger partial charge in [-0.25, -0.2) is 4.39 Å². The van der Waals surface area contributed by atoms with Crippen LogP contribution in [0.25, 0.3) is 0 Å². The molecular weight excluding hydrogens is 323 g/mol. The molecule has 2 aromatic rings. The van der Waals surface area contributed by atoms with Crippen molar-refractivity contribution < 1.29 is 22.7 Å². The number of carbonyl (C=O) groups excluding carboxylic acids is 1. The molecule has 2 rings (SSSR count). The molecule has 0 saturated carbocycles. The van der Waals surface area contributed by atoms with Gasteiger partial charge >= 0.3 is 6.61 Å². The van der Waals surface area contributed by atoms with E-state index in [0.717, 1.165) is 18.2 Å². The molecule has 0 fully saturated rings. The van der Waals surface area contributed by atoms with Crippen molar-refractivity contribution in [1.29, 1.82) is 0 Å². The van der Waals surface area contributed by atoms with Crippen LogP contribution in [0.2, 0.25) is 5.02 Å². The highest BCUT2D eigenvalue weighted by atomic mass is 35.5. The van der Waals surface area contributed by atoms with Crippen LogP contribution in [0.3, 0.4) is 0 Å². The van der Waals surface area contributed by atoms with E-state index >= 15 is 0 Å². The van der Waals surface area contributed by atoms with Gasteiger partial charge in [0.1, 0.15) is 11.5 Å². The molecule has 1 heterocycles. The number of alkyl halides is 2. The molecular formula is C13H11ClF3N3O2. The van der Waals surface area contributed by atoms with Crippen LogP contribution in [-0.2, 0) is 6.54 Å². The first-order valence-electron chi connectivity index (χ1n) is 6.19. The zero-order chi connectivity index (χ0) is 16.3. The largest absolute Gasteiger partial charge is 0.432 e. The lowest BCUT2D eigenvalue weighted by molar-refractivity contribution is -0.0495. The molecule has 0 aliphatic rings. The van der Waals surface area contributed by atoms with Crippen LogP contribution in [0, 0.1) is 5.82 Å². The van der Waals surface area contributed by atoms with E-state index in [9.17, 15) is 18.0 Å². The van der Waals surface area contributed by atoms with Gasteiger partial charge in [0, 0.05) is 12.6 Å². The Balaban J connectivity index is 2.30. The number of nitrogens with one attached hydrogen (secondary N) is 1. The minimum Gasteiger partial charge on any atom is -0.432 e. The molecule has 0 atom stereocenters. The van der Waals surface area contributed by atoms with Crippen LogP contribution >= 0.6 is 11.6 Å². The lowest BCUT2D eigenvalue weighted by atomic mass is 10.2. The highest BCUT2D eigenvalue weighted by Crippen LogP contribution is 2.28. The molecule has 1 aromatic heterocycles. The van der Waals surface area contributed by atoms with Crippen LogP contribution in [-0.4, -0.2) is 22.3 Å². The first-order chi connectivity index (χ1) is 10.4. The molecule has 0 radical (unpaired) electrons. The lowest BCUT2D eigenvalue weighted by Crippen LogP contribution is -2.18. The third kappa shape index (κ3) is 3.51. The Kier molecular flexibility index (Phi) is 4.92. The van der Waals surface area contributed by atoms with Crippen molar-refractivity contribution in [2.45, 2.75) is 20.1 Å². The van der Waals surface area contributed by atoms with Gasteiger partial charge in [0.15, 0.2) is 5.75 Å². The number of nitrogens with zero attached hydrogens (tertiary/aromatic N) is 2. The minimum absolute atomic E-state index is 0.0662. The molecule has 1 N–H and O–H groups in total. The summed E-state index contributed by atoms with van der Waals surface area (Å²) in [6, 6.07) is 2.87. The van der Waals surface area contributed by atoms with Gasteiger partial charge in [-0.15, -0.1) is 0 Å². The predicted octanol–water partition coefficient (Wildman–Crippen LogP) is 3.55. The van der Waals surface area contributed by atoms with E-state index < -0.39 is 24.1 Å². The molecule has 1 aromatic carbocycles. The topological polar surface area (TPSA) is 56.2 Å². The number of carbonyl (C=O) groups is 1. The lowest BCUT2D eigenvalue weighted by Gasteiger charge is -2.12. The van der Waals surface area contributed by atoms with E-state index in [1.807, 2.05) is 0 Å². The highest BCUT2D eigenvalue weighted by Gasteiger charge is 2.19. The number of aromatic nitrogens is 2. The number of anilines is 1. The Morgan fingerprint density at radius 2 is 2.23 bits per heavy atom. The standard InChI is InChI=1S/C13H11ClF3N3O2/c1-2-20-11(8(14)6-18-20)12(21)19-9-4-3-7(15)5-10(9)22-13(16)17/h3-6,13H,2H2,1H3,(H,19,21). The van der Waals surface area contributed by atoms with Crippen molar-refractivity contribution in [2.24, 2.45) is 0 Å². The maximum Gasteiger partial charge on any atom is 0.387 e. The molecule has 0 aliphatic heterocycles. The number of aryl methyl sites for hydroxylation is 1. The van der Waals surface area contributed by atoms with Crippen LogP contribution in [0.1, 0.15) is 17.4 Å². The van der Waals surface area contributed by atoms with E-state index in [2.05, 4.69) is 15.2 Å². The number of amides is 1. The summed E-state index contributed by atoms with van der Waals surface area (Å²) in [7, 11) is 0. The quantitative estimate of drug-likeness (QED) is 0.910. The summed E-state index contributed by atoms with van der Waals surface area (Å²) in [6.07, 6.45) is 1.29. The second-order valence-corrected chi connectivity index (χ2v) is 4.54. The van der Waals surface area contributed by atoms with E-state index in [4.69, 9.17) is 11.6 Å². The highest BCUT2D eigenvalue weighted by molar-refractivity contribution is 6.34. The van der Waals surface area contributed by atoms with Gasteiger partial charge in [-0.2, -0.15) is 13.9 Å². The SMILES string of the molecule is CCn1ncc(Cl)c1C(=O)Nc1ccc(F)cc1OC(F)F. The van der Waals surface area contributed by atoms with Crippen molar-refractivity contribution >= 4 is 23.2 Å². The Bertz CT molecular complexity index is 691. The van der Waals surface area contributed by atoms with Crippen LogP contribution in [0.5, 0.6) is 5.75 Å². The molecule has 0 unspecified atom stereocenters. The molecule has 0 aliphatic carbocycles. The fraction of sp³-hybridized carbons (Fsp3) is 0.231. The molecule has 0 spiro atoms.